The summed E-state index contributed by atoms with van der Waals surface area (Å²) in [5.41, 5.74) is 2.40. The normalized spacial score (nSPS) is 10.7. The first kappa shape index (κ1) is 20.4. The molecule has 9 heteroatoms. The standard InChI is InChI=1S/C22H18FN5O2S/c1-13-5-10-17(24-14(2)29)18(12-13)25-22(30)20-26-21(19-4-3-11-31-19)28(27-20)16-8-6-15(23)7-9-16/h3-12H,1-2H3,(H,24,29)(H,25,30). The second-order valence-corrected chi connectivity index (χ2v) is 7.76. The van der Waals surface area contributed by atoms with Gasteiger partial charge in [0.05, 0.1) is 21.9 Å². The molecule has 0 unspecified atom stereocenters. The van der Waals surface area contributed by atoms with E-state index in [0.717, 1.165) is 10.4 Å². The Morgan fingerprint density at radius 3 is 2.48 bits per heavy atom. The lowest BCUT2D eigenvalue weighted by Gasteiger charge is -2.11. The molecule has 2 aromatic carbocycles. The molecular weight excluding hydrogens is 417 g/mol. The third kappa shape index (κ3) is 4.51. The fraction of sp³-hybridized carbons (Fsp3) is 0.0909. The van der Waals surface area contributed by atoms with Crippen LogP contribution in [0.15, 0.2) is 60.0 Å². The molecule has 4 rings (SSSR count). The lowest BCUT2D eigenvalue weighted by molar-refractivity contribution is -0.114. The number of amides is 2. The smallest absolute Gasteiger partial charge is 0.295 e. The van der Waals surface area contributed by atoms with Gasteiger partial charge in [-0.05, 0) is 60.3 Å². The Morgan fingerprint density at radius 2 is 1.81 bits per heavy atom. The molecule has 0 saturated heterocycles. The number of nitrogens with zero attached hydrogens (tertiary/aromatic N) is 3. The second kappa shape index (κ2) is 8.49. The van der Waals surface area contributed by atoms with E-state index in [4.69, 9.17) is 0 Å². The number of nitrogens with one attached hydrogen (secondary N) is 2. The van der Waals surface area contributed by atoms with Crippen LogP contribution in [0.25, 0.3) is 16.4 Å². The highest BCUT2D eigenvalue weighted by molar-refractivity contribution is 7.13. The summed E-state index contributed by atoms with van der Waals surface area (Å²) in [7, 11) is 0. The number of halogens is 1. The second-order valence-electron chi connectivity index (χ2n) is 6.81. The zero-order valence-corrected chi connectivity index (χ0v) is 17.5. The topological polar surface area (TPSA) is 88.9 Å². The van der Waals surface area contributed by atoms with Crippen LogP contribution in [0.2, 0.25) is 0 Å². The predicted octanol–water partition coefficient (Wildman–Crippen LogP) is 4.65. The Balaban J connectivity index is 1.71. The summed E-state index contributed by atoms with van der Waals surface area (Å²) in [6.45, 7) is 3.27. The maximum atomic E-state index is 13.4. The van der Waals surface area contributed by atoms with Crippen LogP contribution in [0.4, 0.5) is 15.8 Å². The van der Waals surface area contributed by atoms with E-state index < -0.39 is 5.91 Å². The molecule has 31 heavy (non-hydrogen) atoms. The Hall–Kier alpha value is -3.85. The maximum absolute atomic E-state index is 13.4. The fourth-order valence-corrected chi connectivity index (χ4v) is 3.67. The van der Waals surface area contributed by atoms with Gasteiger partial charge in [-0.15, -0.1) is 16.4 Å². The molecule has 0 spiro atoms. The van der Waals surface area contributed by atoms with E-state index in [-0.39, 0.29) is 17.5 Å². The monoisotopic (exact) mass is 435 g/mol. The number of thiophene rings is 1. The highest BCUT2D eigenvalue weighted by atomic mass is 32.1. The molecular formula is C22H18FN5O2S. The van der Waals surface area contributed by atoms with Crippen molar-refractivity contribution in [3.63, 3.8) is 0 Å². The first-order valence-electron chi connectivity index (χ1n) is 9.37. The molecule has 0 atom stereocenters. The summed E-state index contributed by atoms with van der Waals surface area (Å²) in [5, 5.41) is 11.7. The van der Waals surface area contributed by atoms with Crippen molar-refractivity contribution in [2.45, 2.75) is 13.8 Å². The minimum atomic E-state index is -0.532. The van der Waals surface area contributed by atoms with Crippen molar-refractivity contribution in [1.82, 2.24) is 14.8 Å². The van der Waals surface area contributed by atoms with Crippen molar-refractivity contribution in [3.05, 3.63) is 77.2 Å². The van der Waals surface area contributed by atoms with Gasteiger partial charge in [0.2, 0.25) is 11.7 Å². The number of benzene rings is 2. The van der Waals surface area contributed by atoms with Crippen LogP contribution in [-0.2, 0) is 4.79 Å². The summed E-state index contributed by atoms with van der Waals surface area (Å²) in [5.74, 6) is -0.737. The molecule has 0 saturated carbocycles. The third-order valence-electron chi connectivity index (χ3n) is 4.36. The molecule has 0 aliphatic carbocycles. The van der Waals surface area contributed by atoms with E-state index >= 15 is 0 Å². The number of aromatic nitrogens is 3. The number of carbonyl (C=O) groups is 2. The van der Waals surface area contributed by atoms with Gasteiger partial charge in [-0.2, -0.15) is 0 Å². The van der Waals surface area contributed by atoms with E-state index in [2.05, 4.69) is 20.7 Å². The van der Waals surface area contributed by atoms with Crippen LogP contribution in [0.1, 0.15) is 23.1 Å². The van der Waals surface area contributed by atoms with Gasteiger partial charge in [-0.1, -0.05) is 12.1 Å². The van der Waals surface area contributed by atoms with E-state index in [1.807, 2.05) is 30.5 Å². The number of carbonyl (C=O) groups excluding carboxylic acids is 2. The van der Waals surface area contributed by atoms with Crippen LogP contribution in [0.3, 0.4) is 0 Å². The molecule has 2 heterocycles. The van der Waals surface area contributed by atoms with Crippen LogP contribution in [0.5, 0.6) is 0 Å². The van der Waals surface area contributed by atoms with E-state index in [1.54, 1.807) is 24.3 Å². The number of anilines is 2. The Kier molecular flexibility index (Phi) is 5.59. The van der Waals surface area contributed by atoms with Crippen molar-refractivity contribution < 1.29 is 14.0 Å². The maximum Gasteiger partial charge on any atom is 0.295 e. The molecule has 0 fully saturated rings. The molecule has 4 aromatic rings. The molecule has 2 amide bonds. The minimum Gasteiger partial charge on any atom is -0.325 e. The van der Waals surface area contributed by atoms with Crippen molar-refractivity contribution in [1.29, 1.82) is 0 Å². The van der Waals surface area contributed by atoms with E-state index in [1.165, 1.54) is 35.1 Å². The van der Waals surface area contributed by atoms with Gasteiger partial charge in [-0.25, -0.2) is 14.1 Å². The van der Waals surface area contributed by atoms with Gasteiger partial charge in [0.25, 0.3) is 5.91 Å². The highest BCUT2D eigenvalue weighted by Crippen LogP contribution is 2.27. The summed E-state index contributed by atoms with van der Waals surface area (Å²) in [6, 6.07) is 14.8. The van der Waals surface area contributed by atoms with Gasteiger partial charge >= 0.3 is 0 Å². The van der Waals surface area contributed by atoms with Crippen molar-refractivity contribution in [2.24, 2.45) is 0 Å². The van der Waals surface area contributed by atoms with Crippen LogP contribution >= 0.6 is 11.3 Å². The SMILES string of the molecule is CC(=O)Nc1ccc(C)cc1NC(=O)c1nc(-c2cccs2)n(-c2ccc(F)cc2)n1. The number of hydrogen-bond donors (Lipinski definition) is 2. The molecule has 0 aliphatic heterocycles. The average molecular weight is 435 g/mol. The minimum absolute atomic E-state index is 0.0528. The fourth-order valence-electron chi connectivity index (χ4n) is 2.97. The summed E-state index contributed by atoms with van der Waals surface area (Å²) < 4.78 is 14.9. The van der Waals surface area contributed by atoms with Crippen molar-refractivity contribution >= 4 is 34.5 Å². The van der Waals surface area contributed by atoms with Gasteiger partial charge < -0.3 is 10.6 Å². The molecule has 0 aliphatic rings. The lowest BCUT2D eigenvalue weighted by Crippen LogP contribution is -2.17. The van der Waals surface area contributed by atoms with Crippen LogP contribution in [-0.4, -0.2) is 26.6 Å². The molecule has 156 valence electrons. The van der Waals surface area contributed by atoms with Gasteiger partial charge in [0.15, 0.2) is 5.82 Å². The van der Waals surface area contributed by atoms with Crippen molar-refractivity contribution in [2.75, 3.05) is 10.6 Å². The molecule has 2 aromatic heterocycles. The highest BCUT2D eigenvalue weighted by Gasteiger charge is 2.20. The lowest BCUT2D eigenvalue weighted by atomic mass is 10.2. The quantitative estimate of drug-likeness (QED) is 0.477. The Morgan fingerprint density at radius 1 is 1.03 bits per heavy atom. The summed E-state index contributed by atoms with van der Waals surface area (Å²) >= 11 is 1.45. The predicted molar refractivity (Wildman–Crippen MR) is 118 cm³/mol. The van der Waals surface area contributed by atoms with Crippen LogP contribution < -0.4 is 10.6 Å². The third-order valence-corrected chi connectivity index (χ3v) is 5.22. The number of aryl methyl sites for hydroxylation is 1. The van der Waals surface area contributed by atoms with Gasteiger partial charge in [0.1, 0.15) is 5.82 Å². The van der Waals surface area contributed by atoms with Gasteiger partial charge in [0, 0.05) is 6.92 Å². The van der Waals surface area contributed by atoms with Gasteiger partial charge in [-0.3, -0.25) is 9.59 Å². The zero-order valence-electron chi connectivity index (χ0n) is 16.7. The molecule has 7 nitrogen and oxygen atoms in total. The van der Waals surface area contributed by atoms with E-state index in [9.17, 15) is 14.0 Å². The first-order chi connectivity index (χ1) is 14.9. The average Bonchev–Trinajstić information content (AvgIpc) is 3.40. The zero-order chi connectivity index (χ0) is 22.0. The number of rotatable bonds is 5. The summed E-state index contributed by atoms with van der Waals surface area (Å²) in [6.07, 6.45) is 0. The molecule has 0 bridgehead atoms. The first-order valence-corrected chi connectivity index (χ1v) is 10.2. The largest absolute Gasteiger partial charge is 0.325 e. The van der Waals surface area contributed by atoms with E-state index in [0.29, 0.717) is 22.9 Å². The summed E-state index contributed by atoms with van der Waals surface area (Å²) in [4.78, 5) is 29.7. The van der Waals surface area contributed by atoms with Crippen molar-refractivity contribution in [3.8, 4) is 16.4 Å². The Bertz CT molecular complexity index is 1250. The Labute approximate surface area is 181 Å². The van der Waals surface area contributed by atoms with Crippen LogP contribution in [0, 0.1) is 12.7 Å². The molecule has 2 N–H and O–H groups in total. The number of hydrogen-bond acceptors (Lipinski definition) is 5. The molecule has 0 radical (unpaired) electrons.